The van der Waals surface area contributed by atoms with Gasteiger partial charge in [-0.15, -0.1) is 0 Å². The van der Waals surface area contributed by atoms with Gasteiger partial charge in [-0.3, -0.25) is 9.36 Å². The predicted molar refractivity (Wildman–Crippen MR) is 106 cm³/mol. The van der Waals surface area contributed by atoms with E-state index in [0.717, 1.165) is 11.4 Å². The van der Waals surface area contributed by atoms with Crippen molar-refractivity contribution < 1.29 is 9.53 Å². The lowest BCUT2D eigenvalue weighted by molar-refractivity contribution is 0.0528. The average molecular weight is 377 g/mol. The molecule has 0 fully saturated rings. The highest BCUT2D eigenvalue weighted by Crippen LogP contribution is 2.18. The summed E-state index contributed by atoms with van der Waals surface area (Å²) in [5.74, 6) is -0.487. The van der Waals surface area contributed by atoms with Crippen molar-refractivity contribution in [2.24, 2.45) is 0 Å². The highest BCUT2D eigenvalue weighted by atomic mass is 16.5. The third-order valence-electron chi connectivity index (χ3n) is 4.53. The Morgan fingerprint density at radius 2 is 1.89 bits per heavy atom. The van der Waals surface area contributed by atoms with Crippen molar-refractivity contribution >= 4 is 28.2 Å². The van der Waals surface area contributed by atoms with Crippen LogP contribution in [-0.4, -0.2) is 45.8 Å². The molecular formula is C20H19N5O3. The molecule has 0 radical (unpaired) electrons. The van der Waals surface area contributed by atoms with Crippen LogP contribution in [0.15, 0.2) is 53.7 Å². The molecule has 0 N–H and O–H groups in total. The summed E-state index contributed by atoms with van der Waals surface area (Å²) in [6.07, 6.45) is 4.58. The summed E-state index contributed by atoms with van der Waals surface area (Å²) < 4.78 is 8.08. The number of carbonyl (C=O) groups excluding carboxylic acids is 1. The van der Waals surface area contributed by atoms with Gasteiger partial charge in [0.05, 0.1) is 23.7 Å². The van der Waals surface area contributed by atoms with Crippen molar-refractivity contribution in [1.29, 1.82) is 0 Å². The SMILES string of the molecule is CCOC(=O)c1cnn2c1ncc1c(=O)n(-c3ccc(N(C)C)cc3)ccc12. The Labute approximate surface area is 160 Å². The summed E-state index contributed by atoms with van der Waals surface area (Å²) >= 11 is 0. The fourth-order valence-electron chi connectivity index (χ4n) is 3.08. The van der Waals surface area contributed by atoms with Crippen molar-refractivity contribution in [3.8, 4) is 5.69 Å². The zero-order valence-corrected chi connectivity index (χ0v) is 15.8. The second-order valence-electron chi connectivity index (χ2n) is 6.47. The van der Waals surface area contributed by atoms with Crippen LogP contribution in [0.1, 0.15) is 17.3 Å². The zero-order chi connectivity index (χ0) is 19.8. The monoisotopic (exact) mass is 377 g/mol. The molecule has 0 aliphatic rings. The second-order valence-corrected chi connectivity index (χ2v) is 6.47. The minimum absolute atomic E-state index is 0.210. The van der Waals surface area contributed by atoms with Gasteiger partial charge in [-0.25, -0.2) is 14.3 Å². The van der Waals surface area contributed by atoms with Gasteiger partial charge in [0.2, 0.25) is 0 Å². The van der Waals surface area contributed by atoms with E-state index < -0.39 is 5.97 Å². The van der Waals surface area contributed by atoms with E-state index in [1.165, 1.54) is 16.9 Å². The van der Waals surface area contributed by atoms with E-state index >= 15 is 0 Å². The van der Waals surface area contributed by atoms with Gasteiger partial charge >= 0.3 is 5.97 Å². The zero-order valence-electron chi connectivity index (χ0n) is 15.8. The van der Waals surface area contributed by atoms with Crippen molar-refractivity contribution in [3.63, 3.8) is 0 Å². The van der Waals surface area contributed by atoms with E-state index in [4.69, 9.17) is 4.74 Å². The molecule has 0 bridgehead atoms. The summed E-state index contributed by atoms with van der Waals surface area (Å²) in [6.45, 7) is 2.00. The topological polar surface area (TPSA) is 81.7 Å². The Morgan fingerprint density at radius 1 is 1.14 bits per heavy atom. The van der Waals surface area contributed by atoms with Gasteiger partial charge in [0.25, 0.3) is 5.56 Å². The van der Waals surface area contributed by atoms with E-state index in [1.54, 1.807) is 23.8 Å². The standard InChI is InChI=1S/C20H19N5O3/c1-4-28-20(27)16-12-22-25-17-9-10-24(19(26)15(17)11-21-18(16)25)14-7-5-13(6-8-14)23(2)3/h5-12H,4H2,1-3H3. The number of carbonyl (C=O) groups is 1. The summed E-state index contributed by atoms with van der Waals surface area (Å²) in [4.78, 5) is 31.3. The molecule has 142 valence electrons. The third-order valence-corrected chi connectivity index (χ3v) is 4.53. The molecule has 0 saturated carbocycles. The number of benzene rings is 1. The number of hydrogen-bond donors (Lipinski definition) is 0. The maximum absolute atomic E-state index is 13.0. The Kier molecular flexibility index (Phi) is 4.31. The first kappa shape index (κ1) is 17.7. The predicted octanol–water partition coefficient (Wildman–Crippen LogP) is 2.28. The molecular weight excluding hydrogens is 358 g/mol. The lowest BCUT2D eigenvalue weighted by Crippen LogP contribution is -2.19. The first-order valence-corrected chi connectivity index (χ1v) is 8.84. The first-order valence-electron chi connectivity index (χ1n) is 8.84. The van der Waals surface area contributed by atoms with Gasteiger partial charge in [-0.05, 0) is 37.3 Å². The Morgan fingerprint density at radius 3 is 2.57 bits per heavy atom. The molecule has 0 aliphatic heterocycles. The average Bonchev–Trinajstić information content (AvgIpc) is 3.13. The molecule has 0 atom stereocenters. The van der Waals surface area contributed by atoms with Crippen LogP contribution >= 0.6 is 0 Å². The van der Waals surface area contributed by atoms with E-state index in [1.807, 2.05) is 43.3 Å². The number of pyridine rings is 1. The molecule has 0 aliphatic carbocycles. The molecule has 4 aromatic rings. The van der Waals surface area contributed by atoms with Crippen LogP contribution < -0.4 is 10.5 Å². The van der Waals surface area contributed by atoms with Gasteiger partial charge in [-0.1, -0.05) is 0 Å². The maximum Gasteiger partial charge on any atom is 0.343 e. The van der Waals surface area contributed by atoms with E-state index in [2.05, 4.69) is 10.1 Å². The molecule has 3 heterocycles. The van der Waals surface area contributed by atoms with Gasteiger partial charge in [0.1, 0.15) is 5.56 Å². The van der Waals surface area contributed by atoms with Crippen LogP contribution in [0.3, 0.4) is 0 Å². The van der Waals surface area contributed by atoms with E-state index in [0.29, 0.717) is 16.6 Å². The van der Waals surface area contributed by atoms with E-state index in [9.17, 15) is 9.59 Å². The number of anilines is 1. The van der Waals surface area contributed by atoms with Gasteiger partial charge in [-0.2, -0.15) is 5.10 Å². The summed E-state index contributed by atoms with van der Waals surface area (Å²) in [5.41, 5.74) is 2.80. The maximum atomic E-state index is 13.0. The molecule has 4 rings (SSSR count). The number of ether oxygens (including phenoxy) is 1. The van der Waals surface area contributed by atoms with Crippen molar-refractivity contribution in [2.75, 3.05) is 25.6 Å². The normalized spacial score (nSPS) is 11.1. The highest BCUT2D eigenvalue weighted by molar-refractivity contribution is 5.97. The molecule has 28 heavy (non-hydrogen) atoms. The number of nitrogens with zero attached hydrogens (tertiary/aromatic N) is 5. The van der Waals surface area contributed by atoms with Crippen LogP contribution in [-0.2, 0) is 4.74 Å². The molecule has 8 nitrogen and oxygen atoms in total. The summed E-state index contributed by atoms with van der Waals surface area (Å²) in [7, 11) is 3.92. The fourth-order valence-corrected chi connectivity index (χ4v) is 3.08. The molecule has 0 spiro atoms. The van der Waals surface area contributed by atoms with Gasteiger partial charge in [0.15, 0.2) is 5.65 Å². The molecule has 0 saturated heterocycles. The lowest BCUT2D eigenvalue weighted by Gasteiger charge is -2.13. The van der Waals surface area contributed by atoms with Crippen LogP contribution in [0.2, 0.25) is 0 Å². The smallest absolute Gasteiger partial charge is 0.343 e. The number of fused-ring (bicyclic) bond motifs is 3. The van der Waals surface area contributed by atoms with Crippen LogP contribution in [0.4, 0.5) is 5.69 Å². The molecule has 1 aromatic carbocycles. The van der Waals surface area contributed by atoms with Crippen molar-refractivity contribution in [2.45, 2.75) is 6.92 Å². The number of aromatic nitrogens is 4. The Hall–Kier alpha value is -3.68. The van der Waals surface area contributed by atoms with E-state index in [-0.39, 0.29) is 17.7 Å². The minimum atomic E-state index is -0.487. The summed E-state index contributed by atoms with van der Waals surface area (Å²) in [6, 6.07) is 9.47. The highest BCUT2D eigenvalue weighted by Gasteiger charge is 2.17. The van der Waals surface area contributed by atoms with Gasteiger partial charge in [0, 0.05) is 37.9 Å². The Bertz CT molecular complexity index is 1240. The molecule has 3 aromatic heterocycles. The number of esters is 1. The van der Waals surface area contributed by atoms with Crippen LogP contribution in [0, 0.1) is 0 Å². The number of rotatable bonds is 4. The third kappa shape index (κ3) is 2.79. The number of hydrogen-bond acceptors (Lipinski definition) is 6. The van der Waals surface area contributed by atoms with Crippen molar-refractivity contribution in [1.82, 2.24) is 19.2 Å². The largest absolute Gasteiger partial charge is 0.462 e. The van der Waals surface area contributed by atoms with Crippen LogP contribution in [0.5, 0.6) is 0 Å². The lowest BCUT2D eigenvalue weighted by atomic mass is 10.2. The fraction of sp³-hybridized carbons (Fsp3) is 0.200. The van der Waals surface area contributed by atoms with Crippen molar-refractivity contribution in [3.05, 3.63) is 64.8 Å². The van der Waals surface area contributed by atoms with Gasteiger partial charge < -0.3 is 9.64 Å². The quantitative estimate of drug-likeness (QED) is 0.508. The molecule has 0 amide bonds. The molecule has 8 heteroatoms. The summed E-state index contributed by atoms with van der Waals surface area (Å²) in [5, 5.41) is 4.63. The first-order chi connectivity index (χ1) is 13.5. The molecule has 0 unspecified atom stereocenters. The minimum Gasteiger partial charge on any atom is -0.462 e. The van der Waals surface area contributed by atoms with Crippen LogP contribution in [0.25, 0.3) is 22.2 Å². The second kappa shape index (κ2) is 6.80. The Balaban J connectivity index is 1.85.